The van der Waals surface area contributed by atoms with Crippen molar-refractivity contribution in [3.05, 3.63) is 98.8 Å². The molecule has 2 atom stereocenters. The smallest absolute Gasteiger partial charge is 0.241 e. The Bertz CT molecular complexity index is 1420. The van der Waals surface area contributed by atoms with E-state index in [0.717, 1.165) is 44.3 Å². The zero-order valence-electron chi connectivity index (χ0n) is 21.6. The molecule has 3 aromatic rings. The molecule has 10 heteroatoms. The number of hydrogen-bond acceptors (Lipinski definition) is 4. The second-order valence-corrected chi connectivity index (χ2v) is 12.3. The number of rotatable bonds is 11. The van der Waals surface area contributed by atoms with E-state index in [1.807, 2.05) is 0 Å². The van der Waals surface area contributed by atoms with Crippen LogP contribution >= 0.6 is 23.2 Å². The quantitative estimate of drug-likeness (QED) is 0.230. The molecule has 1 amide bonds. The first-order chi connectivity index (χ1) is 18.7. The maximum atomic E-state index is 13.6. The number of hydrogen-bond donors (Lipinski definition) is 3. The maximum absolute atomic E-state index is 13.6. The van der Waals surface area contributed by atoms with Gasteiger partial charge in [0.25, 0.3) is 0 Å². The molecule has 0 saturated carbocycles. The van der Waals surface area contributed by atoms with Crippen LogP contribution in [-0.4, -0.2) is 20.9 Å². The highest BCUT2D eigenvalue weighted by Crippen LogP contribution is 2.31. The van der Waals surface area contributed by atoms with Gasteiger partial charge >= 0.3 is 0 Å². The minimum Gasteiger partial charge on any atom is -0.349 e. The second kappa shape index (κ2) is 13.2. The molecule has 39 heavy (non-hydrogen) atoms. The Hall–Kier alpha value is -2.49. The summed E-state index contributed by atoms with van der Waals surface area (Å²) in [6.45, 7) is 3.89. The lowest BCUT2D eigenvalue weighted by Gasteiger charge is -2.28. The van der Waals surface area contributed by atoms with Crippen molar-refractivity contribution in [2.45, 2.75) is 62.6 Å². The minimum absolute atomic E-state index is 0.0881. The lowest BCUT2D eigenvalue weighted by Crippen LogP contribution is -2.36. The Morgan fingerprint density at radius 3 is 2.54 bits per heavy atom. The summed E-state index contributed by atoms with van der Waals surface area (Å²) in [6.07, 6.45) is 3.58. The molecule has 0 spiro atoms. The summed E-state index contributed by atoms with van der Waals surface area (Å²) in [5.74, 6) is -0.773. The molecule has 4 rings (SSSR count). The topological polar surface area (TPSA) is 87.3 Å². The summed E-state index contributed by atoms with van der Waals surface area (Å²) in [5.41, 5.74) is 3.98. The number of sulfonamides is 1. The van der Waals surface area contributed by atoms with Gasteiger partial charge in [0.2, 0.25) is 15.9 Å². The van der Waals surface area contributed by atoms with Gasteiger partial charge in [0.05, 0.1) is 27.0 Å². The average Bonchev–Trinajstić information content (AvgIpc) is 2.90. The molecule has 208 valence electrons. The standard InChI is InChI=1S/C29H32Cl2FN3O3S/c1-2-14-33-18-19-6-12-24-21(15-19)4-3-5-27(24)34-29(36)17-28(20-7-9-22(32)10-8-20)35-39(37,38)23-11-13-25(30)26(31)16-23/h6-13,15-16,27-28,33,35H,2-5,14,17-18H2,1H3,(H,34,36)/t27-,28-/m1/s1. The Morgan fingerprint density at radius 1 is 1.05 bits per heavy atom. The molecule has 0 aromatic heterocycles. The number of benzene rings is 3. The summed E-state index contributed by atoms with van der Waals surface area (Å²) in [7, 11) is -4.07. The fourth-order valence-corrected chi connectivity index (χ4v) is 6.41. The minimum atomic E-state index is -4.07. The number of fused-ring (bicyclic) bond motifs is 1. The van der Waals surface area contributed by atoms with Crippen LogP contribution in [0.25, 0.3) is 0 Å². The van der Waals surface area contributed by atoms with Crippen LogP contribution in [0, 0.1) is 5.82 Å². The Kier molecular flexibility index (Phi) is 10.0. The third-order valence-electron chi connectivity index (χ3n) is 6.77. The van der Waals surface area contributed by atoms with E-state index in [4.69, 9.17) is 23.2 Å². The van der Waals surface area contributed by atoms with Gasteiger partial charge in [0, 0.05) is 13.0 Å². The van der Waals surface area contributed by atoms with Crippen LogP contribution < -0.4 is 15.4 Å². The predicted molar refractivity (Wildman–Crippen MR) is 153 cm³/mol. The molecule has 1 aliphatic carbocycles. The average molecular weight is 593 g/mol. The predicted octanol–water partition coefficient (Wildman–Crippen LogP) is 6.24. The van der Waals surface area contributed by atoms with Gasteiger partial charge in [0.15, 0.2) is 0 Å². The summed E-state index contributed by atoms with van der Waals surface area (Å²) in [6, 6.07) is 14.6. The van der Waals surface area contributed by atoms with Crippen LogP contribution in [0.5, 0.6) is 0 Å². The van der Waals surface area contributed by atoms with Gasteiger partial charge in [-0.25, -0.2) is 17.5 Å². The van der Waals surface area contributed by atoms with Gasteiger partial charge < -0.3 is 10.6 Å². The number of aryl methyl sites for hydroxylation is 1. The van der Waals surface area contributed by atoms with Crippen LogP contribution in [0.1, 0.15) is 66.9 Å². The van der Waals surface area contributed by atoms with Crippen LogP contribution in [0.4, 0.5) is 4.39 Å². The SMILES string of the molecule is CCCNCc1ccc2c(c1)CCC[C@H]2NC(=O)C[C@@H](NS(=O)(=O)c1ccc(Cl)c(Cl)c1)c1ccc(F)cc1. The molecule has 3 N–H and O–H groups in total. The first-order valence-electron chi connectivity index (χ1n) is 13.0. The van der Waals surface area contributed by atoms with E-state index in [0.29, 0.717) is 5.56 Å². The van der Waals surface area contributed by atoms with Crippen molar-refractivity contribution in [2.75, 3.05) is 6.54 Å². The largest absolute Gasteiger partial charge is 0.349 e. The molecule has 0 unspecified atom stereocenters. The number of carbonyl (C=O) groups is 1. The molecular weight excluding hydrogens is 560 g/mol. The molecule has 0 bridgehead atoms. The zero-order chi connectivity index (χ0) is 28.0. The maximum Gasteiger partial charge on any atom is 0.241 e. The van der Waals surface area contributed by atoms with Crippen molar-refractivity contribution in [3.8, 4) is 0 Å². The van der Waals surface area contributed by atoms with E-state index < -0.39 is 21.9 Å². The van der Waals surface area contributed by atoms with Crippen molar-refractivity contribution in [1.29, 1.82) is 0 Å². The van der Waals surface area contributed by atoms with E-state index in [9.17, 15) is 17.6 Å². The summed E-state index contributed by atoms with van der Waals surface area (Å²) < 4.78 is 42.6. The number of amides is 1. The van der Waals surface area contributed by atoms with Crippen molar-refractivity contribution < 1.29 is 17.6 Å². The van der Waals surface area contributed by atoms with Crippen molar-refractivity contribution in [1.82, 2.24) is 15.4 Å². The van der Waals surface area contributed by atoms with Crippen LogP contribution in [-0.2, 0) is 27.8 Å². The summed E-state index contributed by atoms with van der Waals surface area (Å²) in [5, 5.41) is 6.83. The van der Waals surface area contributed by atoms with E-state index in [2.05, 4.69) is 40.5 Å². The summed E-state index contributed by atoms with van der Waals surface area (Å²) >= 11 is 12.0. The van der Waals surface area contributed by atoms with Gasteiger partial charge in [0.1, 0.15) is 5.82 Å². The number of nitrogens with one attached hydrogen (secondary N) is 3. The Balaban J connectivity index is 1.51. The molecule has 0 fully saturated rings. The molecule has 0 aliphatic heterocycles. The molecule has 0 saturated heterocycles. The molecule has 1 aliphatic rings. The Labute approximate surface area is 239 Å². The highest BCUT2D eigenvalue weighted by atomic mass is 35.5. The van der Waals surface area contributed by atoms with Gasteiger partial charge in [-0.2, -0.15) is 0 Å². The van der Waals surface area contributed by atoms with Gasteiger partial charge in [-0.05, 0) is 84.8 Å². The van der Waals surface area contributed by atoms with E-state index in [1.165, 1.54) is 53.6 Å². The number of halogens is 3. The van der Waals surface area contributed by atoms with E-state index in [1.54, 1.807) is 0 Å². The lowest BCUT2D eigenvalue weighted by atomic mass is 9.86. The van der Waals surface area contributed by atoms with Gasteiger partial charge in [-0.3, -0.25) is 4.79 Å². The van der Waals surface area contributed by atoms with E-state index >= 15 is 0 Å². The fourth-order valence-electron chi connectivity index (χ4n) is 4.80. The van der Waals surface area contributed by atoms with Gasteiger partial charge in [-0.1, -0.05) is 60.5 Å². The molecule has 3 aromatic carbocycles. The van der Waals surface area contributed by atoms with Crippen molar-refractivity contribution in [2.24, 2.45) is 0 Å². The fraction of sp³-hybridized carbons (Fsp3) is 0.345. The lowest BCUT2D eigenvalue weighted by molar-refractivity contribution is -0.122. The van der Waals surface area contributed by atoms with Gasteiger partial charge in [-0.15, -0.1) is 0 Å². The van der Waals surface area contributed by atoms with E-state index in [-0.39, 0.29) is 33.3 Å². The molecule has 6 nitrogen and oxygen atoms in total. The highest BCUT2D eigenvalue weighted by molar-refractivity contribution is 7.89. The number of carbonyl (C=O) groups excluding carboxylic acids is 1. The van der Waals surface area contributed by atoms with Crippen LogP contribution in [0.3, 0.4) is 0 Å². The zero-order valence-corrected chi connectivity index (χ0v) is 24.0. The first-order valence-corrected chi connectivity index (χ1v) is 15.2. The van der Waals surface area contributed by atoms with Crippen LogP contribution in [0.15, 0.2) is 65.6 Å². The normalized spacial score (nSPS) is 15.9. The van der Waals surface area contributed by atoms with Crippen LogP contribution in [0.2, 0.25) is 10.0 Å². The Morgan fingerprint density at radius 2 is 1.82 bits per heavy atom. The molecule has 0 heterocycles. The second-order valence-electron chi connectivity index (χ2n) is 9.73. The molecule has 0 radical (unpaired) electrons. The van der Waals surface area contributed by atoms with Crippen molar-refractivity contribution >= 4 is 39.1 Å². The monoisotopic (exact) mass is 591 g/mol. The first kappa shape index (κ1) is 29.5. The molecular formula is C29H32Cl2FN3O3S. The highest BCUT2D eigenvalue weighted by Gasteiger charge is 2.27. The van der Waals surface area contributed by atoms with Crippen molar-refractivity contribution in [3.63, 3.8) is 0 Å². The summed E-state index contributed by atoms with van der Waals surface area (Å²) in [4.78, 5) is 13.2. The third kappa shape index (κ3) is 7.80. The third-order valence-corrected chi connectivity index (χ3v) is 8.98.